The third kappa shape index (κ3) is 12.0. The van der Waals surface area contributed by atoms with E-state index in [2.05, 4.69) is 48.0 Å². The lowest BCUT2D eigenvalue weighted by molar-refractivity contribution is -0.137. The summed E-state index contributed by atoms with van der Waals surface area (Å²) in [5.41, 5.74) is 2.52. The van der Waals surface area contributed by atoms with Crippen LogP contribution in [0.4, 0.5) is 5.69 Å². The normalized spacial score (nSPS) is 10.9. The molecule has 0 saturated heterocycles. The number of thioether (sulfide) groups is 1. The third-order valence-corrected chi connectivity index (χ3v) is 6.44. The van der Waals surface area contributed by atoms with Crippen LogP contribution in [0.5, 0.6) is 5.75 Å². The zero-order chi connectivity index (χ0) is 27.0. The Morgan fingerprint density at radius 1 is 1.00 bits per heavy atom. The molecule has 200 valence electrons. The van der Waals surface area contributed by atoms with Gasteiger partial charge >= 0.3 is 5.97 Å². The number of unbranched alkanes of at least 4 members (excludes halogenated alkanes) is 2. The van der Waals surface area contributed by atoms with Crippen LogP contribution in [0.1, 0.15) is 56.1 Å². The molecule has 0 unspecified atom stereocenters. The molecule has 0 saturated carbocycles. The Kier molecular flexibility index (Phi) is 13.3. The summed E-state index contributed by atoms with van der Waals surface area (Å²) in [6, 6.07) is 13.8. The second kappa shape index (κ2) is 16.5. The Morgan fingerprint density at radius 2 is 1.76 bits per heavy atom. The number of aliphatic carboxylic acids is 1. The van der Waals surface area contributed by atoms with Gasteiger partial charge in [0.1, 0.15) is 5.75 Å². The van der Waals surface area contributed by atoms with E-state index >= 15 is 0 Å². The predicted molar refractivity (Wildman–Crippen MR) is 150 cm³/mol. The first kappa shape index (κ1) is 30.0. The van der Waals surface area contributed by atoms with Crippen molar-refractivity contribution >= 4 is 41.3 Å². The van der Waals surface area contributed by atoms with Gasteiger partial charge in [-0.1, -0.05) is 24.3 Å². The molecule has 0 aliphatic rings. The number of benzene rings is 2. The van der Waals surface area contributed by atoms with Crippen LogP contribution in [0.25, 0.3) is 6.08 Å². The highest BCUT2D eigenvalue weighted by Gasteiger charge is 2.11. The summed E-state index contributed by atoms with van der Waals surface area (Å²) in [5, 5.41) is 12.0. The highest BCUT2D eigenvalue weighted by molar-refractivity contribution is 7.98. The van der Waals surface area contributed by atoms with Gasteiger partial charge in [-0.3, -0.25) is 14.4 Å². The molecule has 7 nitrogen and oxygen atoms in total. The fourth-order valence-electron chi connectivity index (χ4n) is 3.56. The van der Waals surface area contributed by atoms with E-state index in [1.807, 2.05) is 0 Å². The standard InChI is InChI=1S/C29H38N2O5S/c1-31(2)28(33)11-8-10-27(32)30-24-15-18-26(23(21-24)14-19-29(34)35)36-20-7-5-4-6-9-22-12-16-25(37-3)17-13-22/h6,9,12-13,15-18,21H,4-5,7-8,10-11,14,19-20H2,1-3H3,(H,30,32)(H,34,35)/b9-6+. The topological polar surface area (TPSA) is 95.9 Å². The molecule has 2 aromatic carbocycles. The van der Waals surface area contributed by atoms with Gasteiger partial charge in [-0.2, -0.15) is 0 Å². The fraction of sp³-hybridized carbons (Fsp3) is 0.414. The van der Waals surface area contributed by atoms with Crippen LogP contribution in [0.15, 0.2) is 53.4 Å². The van der Waals surface area contributed by atoms with Gasteiger partial charge in [0.2, 0.25) is 11.8 Å². The van der Waals surface area contributed by atoms with Gasteiger partial charge in [-0.05, 0) is 79.8 Å². The molecular formula is C29H38N2O5S. The fourth-order valence-corrected chi connectivity index (χ4v) is 3.97. The van der Waals surface area contributed by atoms with Gasteiger partial charge in [-0.25, -0.2) is 0 Å². The Morgan fingerprint density at radius 3 is 2.43 bits per heavy atom. The number of hydrogen-bond acceptors (Lipinski definition) is 5. The summed E-state index contributed by atoms with van der Waals surface area (Å²) in [4.78, 5) is 37.8. The summed E-state index contributed by atoms with van der Waals surface area (Å²) in [6.07, 6.45) is 10.5. The number of carbonyl (C=O) groups excluding carboxylic acids is 2. The molecule has 2 N–H and O–H groups in total. The lowest BCUT2D eigenvalue weighted by Gasteiger charge is -2.14. The lowest BCUT2D eigenvalue weighted by atomic mass is 10.1. The molecule has 2 aromatic rings. The first-order chi connectivity index (χ1) is 17.8. The van der Waals surface area contributed by atoms with Crippen molar-refractivity contribution in [2.45, 2.75) is 56.3 Å². The minimum atomic E-state index is -0.888. The Labute approximate surface area is 224 Å². The van der Waals surface area contributed by atoms with Crippen molar-refractivity contribution in [2.24, 2.45) is 0 Å². The van der Waals surface area contributed by atoms with Crippen LogP contribution in [-0.4, -0.2) is 54.7 Å². The number of hydrogen-bond donors (Lipinski definition) is 2. The van der Waals surface area contributed by atoms with Gasteiger partial charge < -0.3 is 20.1 Å². The van der Waals surface area contributed by atoms with Crippen LogP contribution in [-0.2, 0) is 20.8 Å². The second-order valence-electron chi connectivity index (χ2n) is 8.93. The number of amides is 2. The van der Waals surface area contributed by atoms with Crippen LogP contribution < -0.4 is 10.1 Å². The van der Waals surface area contributed by atoms with Crippen LogP contribution >= 0.6 is 11.8 Å². The van der Waals surface area contributed by atoms with Crippen molar-refractivity contribution in [3.63, 3.8) is 0 Å². The molecule has 2 rings (SSSR count). The highest BCUT2D eigenvalue weighted by Crippen LogP contribution is 2.25. The molecule has 0 heterocycles. The Bertz CT molecular complexity index is 1050. The lowest BCUT2D eigenvalue weighted by Crippen LogP contribution is -2.21. The number of rotatable bonds is 16. The van der Waals surface area contributed by atoms with Crippen LogP contribution in [0, 0.1) is 0 Å². The number of anilines is 1. The van der Waals surface area contributed by atoms with E-state index < -0.39 is 5.97 Å². The summed E-state index contributed by atoms with van der Waals surface area (Å²) in [7, 11) is 3.38. The monoisotopic (exact) mass is 526 g/mol. The number of nitrogens with one attached hydrogen (secondary N) is 1. The van der Waals surface area contributed by atoms with Crippen molar-refractivity contribution in [1.29, 1.82) is 0 Å². The number of carboxylic acids is 1. The molecule has 0 aliphatic carbocycles. The first-order valence-corrected chi connectivity index (χ1v) is 13.8. The van der Waals surface area contributed by atoms with Crippen molar-refractivity contribution in [2.75, 3.05) is 32.3 Å². The first-order valence-electron chi connectivity index (χ1n) is 12.6. The molecule has 0 aromatic heterocycles. The number of carboxylic acid groups (broad SMARTS) is 1. The maximum Gasteiger partial charge on any atom is 0.303 e. The molecule has 0 radical (unpaired) electrons. The smallest absolute Gasteiger partial charge is 0.303 e. The average molecular weight is 527 g/mol. The quantitative estimate of drug-likeness (QED) is 0.209. The highest BCUT2D eigenvalue weighted by atomic mass is 32.2. The number of carbonyl (C=O) groups is 3. The summed E-state index contributed by atoms with van der Waals surface area (Å²) < 4.78 is 5.96. The molecule has 0 bridgehead atoms. The van der Waals surface area contributed by atoms with E-state index in [0.29, 0.717) is 37.3 Å². The largest absolute Gasteiger partial charge is 0.493 e. The van der Waals surface area contributed by atoms with E-state index in [9.17, 15) is 14.4 Å². The average Bonchev–Trinajstić information content (AvgIpc) is 2.87. The molecule has 37 heavy (non-hydrogen) atoms. The number of nitrogens with zero attached hydrogens (tertiary/aromatic N) is 1. The molecular weight excluding hydrogens is 488 g/mol. The van der Waals surface area contributed by atoms with Gasteiger partial charge in [-0.15, -0.1) is 11.8 Å². The van der Waals surface area contributed by atoms with E-state index in [-0.39, 0.29) is 24.7 Å². The molecule has 0 atom stereocenters. The molecule has 0 aliphatic heterocycles. The number of allylic oxidation sites excluding steroid dienone is 1. The summed E-state index contributed by atoms with van der Waals surface area (Å²) >= 11 is 1.73. The van der Waals surface area contributed by atoms with Gasteiger partial charge in [0.25, 0.3) is 0 Å². The summed E-state index contributed by atoms with van der Waals surface area (Å²) in [6.45, 7) is 0.530. The number of ether oxygens (including phenoxy) is 1. The van der Waals surface area contributed by atoms with E-state index in [0.717, 1.165) is 24.8 Å². The van der Waals surface area contributed by atoms with E-state index in [4.69, 9.17) is 9.84 Å². The molecule has 0 spiro atoms. The van der Waals surface area contributed by atoms with Crippen molar-refractivity contribution < 1.29 is 24.2 Å². The van der Waals surface area contributed by atoms with E-state index in [1.165, 1.54) is 15.4 Å². The Hall–Kier alpha value is -3.26. The molecule has 8 heteroatoms. The summed E-state index contributed by atoms with van der Waals surface area (Å²) in [5.74, 6) is -0.444. The third-order valence-electron chi connectivity index (χ3n) is 5.69. The Balaban J connectivity index is 1.82. The molecule has 2 amide bonds. The molecule has 0 fully saturated rings. The van der Waals surface area contributed by atoms with Gasteiger partial charge in [0.15, 0.2) is 0 Å². The van der Waals surface area contributed by atoms with Gasteiger partial charge in [0.05, 0.1) is 6.61 Å². The van der Waals surface area contributed by atoms with E-state index in [1.54, 1.807) is 44.1 Å². The van der Waals surface area contributed by atoms with Crippen molar-refractivity contribution in [3.8, 4) is 5.75 Å². The SMILES string of the molecule is CSc1ccc(/C=C/CCCCOc2ccc(NC(=O)CCCC(=O)N(C)C)cc2CCC(=O)O)cc1. The maximum atomic E-state index is 12.3. The maximum absolute atomic E-state index is 12.3. The minimum Gasteiger partial charge on any atom is -0.493 e. The second-order valence-corrected chi connectivity index (χ2v) is 9.81. The van der Waals surface area contributed by atoms with Crippen LogP contribution in [0.3, 0.4) is 0 Å². The zero-order valence-corrected chi connectivity index (χ0v) is 22.8. The predicted octanol–water partition coefficient (Wildman–Crippen LogP) is 5.89. The van der Waals surface area contributed by atoms with Gasteiger partial charge in [0, 0.05) is 43.9 Å². The van der Waals surface area contributed by atoms with Crippen molar-refractivity contribution in [1.82, 2.24) is 4.90 Å². The minimum absolute atomic E-state index is 0.0118. The number of aryl methyl sites for hydroxylation is 1. The van der Waals surface area contributed by atoms with Crippen LogP contribution in [0.2, 0.25) is 0 Å². The zero-order valence-electron chi connectivity index (χ0n) is 22.0. The van der Waals surface area contributed by atoms with Crippen molar-refractivity contribution in [3.05, 3.63) is 59.7 Å².